The number of hydrogen-bond donors (Lipinski definition) is 0. The molecule has 0 unspecified atom stereocenters. The van der Waals surface area contributed by atoms with E-state index in [1.807, 2.05) is 11.8 Å². The van der Waals surface area contributed by atoms with Gasteiger partial charge in [-0.1, -0.05) is 139 Å². The lowest BCUT2D eigenvalue weighted by Gasteiger charge is -2.22. The zero-order chi connectivity index (χ0) is 30.2. The van der Waals surface area contributed by atoms with Gasteiger partial charge in [0, 0.05) is 15.2 Å². The molecule has 0 atom stereocenters. The van der Waals surface area contributed by atoms with Crippen molar-refractivity contribution in [1.29, 1.82) is 0 Å². The van der Waals surface area contributed by atoms with Gasteiger partial charge >= 0.3 is 0 Å². The quantitative estimate of drug-likeness (QED) is 0.194. The van der Waals surface area contributed by atoms with Crippen LogP contribution in [0.5, 0.6) is 0 Å². The normalized spacial score (nSPS) is 13.3. The van der Waals surface area contributed by atoms with E-state index in [-0.39, 0.29) is 0 Å². The highest BCUT2D eigenvalue weighted by molar-refractivity contribution is 7.99. The molecule has 214 valence electrons. The molecule has 0 spiro atoms. The van der Waals surface area contributed by atoms with Gasteiger partial charge in [-0.3, -0.25) is 0 Å². The summed E-state index contributed by atoms with van der Waals surface area (Å²) in [6.45, 7) is 0. The maximum absolute atomic E-state index is 2.43. The average molecular weight is 601 g/mol. The van der Waals surface area contributed by atoms with Crippen LogP contribution in [-0.2, 0) is 0 Å². The van der Waals surface area contributed by atoms with Crippen molar-refractivity contribution in [2.45, 2.75) is 16.2 Å². The van der Waals surface area contributed by atoms with Crippen molar-refractivity contribution >= 4 is 55.7 Å². The van der Waals surface area contributed by atoms with Gasteiger partial charge in [-0.2, -0.15) is 0 Å². The molecule has 0 N–H and O–H groups in total. The molecule has 46 heavy (non-hydrogen) atoms. The second-order valence-corrected chi connectivity index (χ2v) is 13.5. The van der Waals surface area contributed by atoms with E-state index in [1.54, 1.807) is 0 Å². The van der Waals surface area contributed by atoms with Crippen LogP contribution < -0.4 is 5.22 Å². The van der Waals surface area contributed by atoms with Gasteiger partial charge in [0.25, 0.3) is 0 Å². The molecule has 0 fully saturated rings. The second kappa shape index (κ2) is 10.1. The van der Waals surface area contributed by atoms with Crippen LogP contribution in [0.15, 0.2) is 161 Å². The van der Waals surface area contributed by atoms with Crippen molar-refractivity contribution in [2.75, 3.05) is 0 Å². The summed E-state index contributed by atoms with van der Waals surface area (Å²) in [6.07, 6.45) is 5.72. The predicted octanol–water partition coefficient (Wildman–Crippen LogP) is 11.9. The fourth-order valence-corrected chi connectivity index (χ4v) is 8.89. The maximum atomic E-state index is 2.43. The van der Waals surface area contributed by atoms with Crippen LogP contribution in [0.4, 0.5) is 0 Å². The topological polar surface area (TPSA) is 0 Å². The first-order chi connectivity index (χ1) is 22.8. The molecule has 1 aliphatic carbocycles. The third-order valence-electron chi connectivity index (χ3n) is 9.82. The fraction of sp³-hybridized carbons (Fsp3) is 0.0222. The Bertz CT molecular complexity index is 2610. The summed E-state index contributed by atoms with van der Waals surface area (Å²) >= 11 is 1.89. The molecule has 1 heteroatoms. The molecular weight excluding hydrogens is 573 g/mol. The van der Waals surface area contributed by atoms with Gasteiger partial charge in [-0.15, -0.1) is 0 Å². The highest BCUT2D eigenvalue weighted by Crippen LogP contribution is 2.50. The van der Waals surface area contributed by atoms with E-state index < -0.39 is 0 Å². The summed E-state index contributed by atoms with van der Waals surface area (Å²) < 4.78 is 0. The Morgan fingerprint density at radius 3 is 2.04 bits per heavy atom. The van der Waals surface area contributed by atoms with Gasteiger partial charge in [0.05, 0.1) is 0 Å². The SMILES string of the molecule is C1=C(c2cc(-c3ccccc3)cc(-c3ccc4c5c(cccc35)-c3ccccc3S4)c2)c2ccc3cccc4ccc(c2c34)=CC1. The summed E-state index contributed by atoms with van der Waals surface area (Å²) in [4.78, 5) is 2.66. The van der Waals surface area contributed by atoms with Crippen molar-refractivity contribution in [2.24, 2.45) is 0 Å². The summed E-state index contributed by atoms with van der Waals surface area (Å²) in [5.74, 6) is 0. The number of benzene rings is 8. The lowest BCUT2D eigenvalue weighted by molar-refractivity contribution is 1.40. The Morgan fingerprint density at radius 1 is 0.391 bits per heavy atom. The van der Waals surface area contributed by atoms with Gasteiger partial charge in [0.2, 0.25) is 0 Å². The molecule has 0 aromatic heterocycles. The van der Waals surface area contributed by atoms with Crippen LogP contribution >= 0.6 is 11.8 Å². The maximum Gasteiger partial charge on any atom is 0.0207 e. The van der Waals surface area contributed by atoms with Crippen molar-refractivity contribution in [3.8, 4) is 33.4 Å². The van der Waals surface area contributed by atoms with Crippen molar-refractivity contribution in [1.82, 2.24) is 0 Å². The Morgan fingerprint density at radius 2 is 1.13 bits per heavy atom. The minimum absolute atomic E-state index is 0.899. The van der Waals surface area contributed by atoms with E-state index in [0.29, 0.717) is 0 Å². The Labute approximate surface area is 272 Å². The standard InChI is InChI=1S/C45H28S/c1-2-9-28(10-3-1)32-25-33(35-15-7-13-31-20-19-29-11-6-12-30-21-22-40(35)44(31)43(29)30)27-34(26-32)36-23-24-42-45-38(36)16-8-17-39(45)37-14-4-5-18-41(37)46-42/h1-6,8-27H,7H2. The Kier molecular flexibility index (Phi) is 5.67. The summed E-state index contributed by atoms with van der Waals surface area (Å²) in [6, 6.07) is 54.2. The van der Waals surface area contributed by atoms with E-state index in [9.17, 15) is 0 Å². The third-order valence-corrected chi connectivity index (χ3v) is 11.0. The van der Waals surface area contributed by atoms with Crippen molar-refractivity contribution in [3.63, 3.8) is 0 Å². The molecule has 8 aromatic rings. The molecule has 1 aliphatic heterocycles. The van der Waals surface area contributed by atoms with Crippen LogP contribution in [0.25, 0.3) is 77.3 Å². The molecule has 1 heterocycles. The molecule has 0 nitrogen and oxygen atoms in total. The minimum atomic E-state index is 0.899. The monoisotopic (exact) mass is 600 g/mol. The molecule has 0 saturated heterocycles. The Balaban J connectivity index is 1.23. The molecule has 0 bridgehead atoms. The summed E-state index contributed by atoms with van der Waals surface area (Å²) in [5.41, 5.74) is 11.5. The third kappa shape index (κ3) is 3.89. The first kappa shape index (κ1) is 25.9. The van der Waals surface area contributed by atoms with E-state index in [0.717, 1.165) is 6.42 Å². The molecule has 0 saturated carbocycles. The lowest BCUT2D eigenvalue weighted by atomic mass is 9.86. The number of allylic oxidation sites excluding steroid dienone is 1. The average Bonchev–Trinajstić information content (AvgIpc) is 3.31. The van der Waals surface area contributed by atoms with Crippen molar-refractivity contribution < 1.29 is 0 Å². The summed E-state index contributed by atoms with van der Waals surface area (Å²) in [7, 11) is 0. The zero-order valence-corrected chi connectivity index (χ0v) is 25.9. The molecule has 10 rings (SSSR count). The smallest absolute Gasteiger partial charge is 0.0207 e. The van der Waals surface area contributed by atoms with E-state index >= 15 is 0 Å². The van der Waals surface area contributed by atoms with E-state index in [1.165, 1.54) is 97.4 Å². The summed E-state index contributed by atoms with van der Waals surface area (Å²) in [5, 5.41) is 9.32. The predicted molar refractivity (Wildman–Crippen MR) is 197 cm³/mol. The van der Waals surface area contributed by atoms with Gasteiger partial charge in [-0.25, -0.2) is 0 Å². The van der Waals surface area contributed by atoms with E-state index in [2.05, 4.69) is 158 Å². The molecule has 2 aliphatic rings. The van der Waals surface area contributed by atoms with Gasteiger partial charge in [0.15, 0.2) is 0 Å². The number of rotatable bonds is 3. The molecule has 0 radical (unpaired) electrons. The van der Waals surface area contributed by atoms with E-state index in [4.69, 9.17) is 0 Å². The highest BCUT2D eigenvalue weighted by Gasteiger charge is 2.22. The van der Waals surface area contributed by atoms with Gasteiger partial charge in [-0.05, 0) is 119 Å². The van der Waals surface area contributed by atoms with Crippen LogP contribution in [0.1, 0.15) is 17.5 Å². The van der Waals surface area contributed by atoms with Crippen LogP contribution in [0.2, 0.25) is 0 Å². The minimum Gasteiger partial charge on any atom is -0.0888 e. The van der Waals surface area contributed by atoms with Gasteiger partial charge < -0.3 is 0 Å². The lowest BCUT2D eigenvalue weighted by Crippen LogP contribution is -2.04. The molecule has 0 amide bonds. The molecular formula is C45H28S. The highest BCUT2D eigenvalue weighted by atomic mass is 32.2. The fourth-order valence-electron chi connectivity index (χ4n) is 7.76. The number of fused-ring (bicyclic) bond motifs is 2. The van der Waals surface area contributed by atoms with Gasteiger partial charge in [0.1, 0.15) is 0 Å². The first-order valence-corrected chi connectivity index (χ1v) is 16.8. The molecule has 8 aromatic carbocycles. The zero-order valence-electron chi connectivity index (χ0n) is 25.1. The largest absolute Gasteiger partial charge is 0.0888 e. The first-order valence-electron chi connectivity index (χ1n) is 16.0. The van der Waals surface area contributed by atoms with Crippen LogP contribution in [0.3, 0.4) is 0 Å². The van der Waals surface area contributed by atoms with Crippen molar-refractivity contribution in [3.05, 3.63) is 168 Å². The second-order valence-electron chi connectivity index (χ2n) is 12.4. The number of hydrogen-bond acceptors (Lipinski definition) is 1. The van der Waals surface area contributed by atoms with Crippen LogP contribution in [-0.4, -0.2) is 0 Å². The Hall–Kier alpha value is -5.37. The van der Waals surface area contributed by atoms with Crippen LogP contribution in [0, 0.1) is 0 Å².